The van der Waals surface area contributed by atoms with Gasteiger partial charge in [0.15, 0.2) is 5.78 Å². The minimum absolute atomic E-state index is 0.286. The molecule has 0 amide bonds. The summed E-state index contributed by atoms with van der Waals surface area (Å²) in [7, 11) is 1.95. The van der Waals surface area contributed by atoms with Gasteiger partial charge in [0.2, 0.25) is 0 Å². The summed E-state index contributed by atoms with van der Waals surface area (Å²) in [5, 5.41) is 6.92. The molecule has 4 aromatic rings. The minimum Gasteiger partial charge on any atom is -0.331 e. The molecular weight excluding hydrogens is 380 g/mol. The number of ketones is 1. The van der Waals surface area contributed by atoms with Crippen molar-refractivity contribution in [2.24, 2.45) is 7.05 Å². The van der Waals surface area contributed by atoms with E-state index in [-0.39, 0.29) is 5.78 Å². The average molecular weight is 407 g/mol. The molecule has 0 saturated heterocycles. The molecule has 1 aliphatic carbocycles. The summed E-state index contributed by atoms with van der Waals surface area (Å²) in [4.78, 5) is 17.4. The Morgan fingerprint density at radius 3 is 2.76 bits per heavy atom. The maximum Gasteiger partial charge on any atom is 0.163 e. The number of carbonyl (C=O) groups excluding carboxylic acids is 1. The van der Waals surface area contributed by atoms with Crippen LogP contribution in [-0.4, -0.2) is 44.7 Å². The highest BCUT2D eigenvalue weighted by Gasteiger charge is 2.26. The number of Topliss-reactive ketones (excluding diaryl/α,β-unsaturated/α-hetero) is 1. The van der Waals surface area contributed by atoms with Crippen LogP contribution in [0.25, 0.3) is 31.6 Å². The molecule has 0 fully saturated rings. The van der Waals surface area contributed by atoms with Gasteiger partial charge in [-0.15, -0.1) is 11.3 Å². The number of rotatable bonds is 6. The zero-order valence-corrected chi connectivity index (χ0v) is 18.1. The van der Waals surface area contributed by atoms with E-state index in [0.29, 0.717) is 6.42 Å². The molecule has 0 N–H and O–H groups in total. The molecule has 0 aliphatic heterocycles. The van der Waals surface area contributed by atoms with E-state index in [1.807, 2.05) is 35.3 Å². The molecule has 1 aromatic carbocycles. The standard InChI is InChI=1S/C23H26N4OS/c1-4-26(5-2)10-11-27-19-8-6-16-17(7-9-20(16)28)22(19)18-12-21(29-23(18)27)15-13-24-25(3)14-15/h6,8,12-14H,4-5,7,9-11H2,1-3H3. The maximum atomic E-state index is 12.4. The van der Waals surface area contributed by atoms with Gasteiger partial charge in [0.1, 0.15) is 4.83 Å². The topological polar surface area (TPSA) is 43.1 Å². The second-order valence-corrected chi connectivity index (χ2v) is 8.85. The van der Waals surface area contributed by atoms with Crippen molar-refractivity contribution in [1.29, 1.82) is 0 Å². The quantitative estimate of drug-likeness (QED) is 0.465. The van der Waals surface area contributed by atoms with Crippen molar-refractivity contribution in [2.75, 3.05) is 19.6 Å². The summed E-state index contributed by atoms with van der Waals surface area (Å²) in [5.74, 6) is 0.286. The normalized spacial score (nSPS) is 14.0. The lowest BCUT2D eigenvalue weighted by Crippen LogP contribution is -2.26. The molecule has 3 heterocycles. The van der Waals surface area contributed by atoms with Crippen LogP contribution in [-0.2, 0) is 20.0 Å². The third-order valence-corrected chi connectivity index (χ3v) is 7.44. The molecule has 0 unspecified atom stereocenters. The number of thiophene rings is 1. The van der Waals surface area contributed by atoms with Gasteiger partial charge in [0, 0.05) is 59.5 Å². The van der Waals surface area contributed by atoms with Gasteiger partial charge in [-0.3, -0.25) is 9.48 Å². The lowest BCUT2D eigenvalue weighted by atomic mass is 10.0. The molecule has 6 heteroatoms. The lowest BCUT2D eigenvalue weighted by Gasteiger charge is -2.19. The number of benzene rings is 1. The molecule has 5 rings (SSSR count). The van der Waals surface area contributed by atoms with Gasteiger partial charge in [0.25, 0.3) is 0 Å². The summed E-state index contributed by atoms with van der Waals surface area (Å²) in [6.45, 7) is 8.56. The molecule has 5 nitrogen and oxygen atoms in total. The largest absolute Gasteiger partial charge is 0.331 e. The van der Waals surface area contributed by atoms with E-state index >= 15 is 0 Å². The van der Waals surface area contributed by atoms with Crippen molar-refractivity contribution in [3.63, 3.8) is 0 Å². The summed E-state index contributed by atoms with van der Waals surface area (Å²) >= 11 is 1.84. The number of hydrogen-bond donors (Lipinski definition) is 0. The number of hydrogen-bond acceptors (Lipinski definition) is 4. The first-order chi connectivity index (χ1) is 14.1. The summed E-state index contributed by atoms with van der Waals surface area (Å²) in [6.07, 6.45) is 5.50. The van der Waals surface area contributed by atoms with E-state index in [9.17, 15) is 4.79 Å². The van der Waals surface area contributed by atoms with Crippen molar-refractivity contribution in [1.82, 2.24) is 19.2 Å². The predicted octanol–water partition coefficient (Wildman–Crippen LogP) is 4.73. The monoisotopic (exact) mass is 406 g/mol. The lowest BCUT2D eigenvalue weighted by molar-refractivity contribution is 0.0994. The number of aromatic nitrogens is 3. The van der Waals surface area contributed by atoms with Gasteiger partial charge in [-0.25, -0.2) is 0 Å². The fourth-order valence-electron chi connectivity index (χ4n) is 4.62. The van der Waals surface area contributed by atoms with Crippen LogP contribution in [0.2, 0.25) is 0 Å². The van der Waals surface area contributed by atoms with Gasteiger partial charge in [-0.05, 0) is 43.3 Å². The molecule has 0 atom stereocenters. The Bertz CT molecular complexity index is 1220. The molecular formula is C23H26N4OS. The van der Waals surface area contributed by atoms with Gasteiger partial charge >= 0.3 is 0 Å². The fraction of sp³-hybridized carbons (Fsp3) is 0.391. The first-order valence-corrected chi connectivity index (χ1v) is 11.2. The zero-order chi connectivity index (χ0) is 20.1. The molecule has 0 bridgehead atoms. The third-order valence-electron chi connectivity index (χ3n) is 6.23. The second-order valence-electron chi connectivity index (χ2n) is 7.82. The van der Waals surface area contributed by atoms with Gasteiger partial charge in [-0.2, -0.15) is 5.10 Å². The summed E-state index contributed by atoms with van der Waals surface area (Å²) in [5.41, 5.74) is 4.59. The van der Waals surface area contributed by atoms with Crippen LogP contribution in [0.4, 0.5) is 0 Å². The van der Waals surface area contributed by atoms with Crippen LogP contribution >= 0.6 is 11.3 Å². The number of fused-ring (bicyclic) bond motifs is 5. The van der Waals surface area contributed by atoms with Gasteiger partial charge in [-0.1, -0.05) is 13.8 Å². The minimum atomic E-state index is 0.286. The van der Waals surface area contributed by atoms with Crippen LogP contribution in [0.3, 0.4) is 0 Å². The average Bonchev–Trinajstić information content (AvgIpc) is 3.47. The molecule has 0 spiro atoms. The molecule has 29 heavy (non-hydrogen) atoms. The number of carbonyl (C=O) groups is 1. The number of aryl methyl sites for hydroxylation is 2. The van der Waals surface area contributed by atoms with Gasteiger partial charge in [0.05, 0.1) is 11.7 Å². The van der Waals surface area contributed by atoms with Crippen LogP contribution < -0.4 is 0 Å². The van der Waals surface area contributed by atoms with Crippen LogP contribution in [0.15, 0.2) is 30.6 Å². The predicted molar refractivity (Wildman–Crippen MR) is 120 cm³/mol. The van der Waals surface area contributed by atoms with E-state index in [0.717, 1.165) is 43.7 Å². The van der Waals surface area contributed by atoms with Crippen molar-refractivity contribution in [3.8, 4) is 10.4 Å². The summed E-state index contributed by atoms with van der Waals surface area (Å²) in [6, 6.07) is 6.51. The fourth-order valence-corrected chi connectivity index (χ4v) is 5.80. The van der Waals surface area contributed by atoms with Crippen LogP contribution in [0, 0.1) is 0 Å². The van der Waals surface area contributed by atoms with E-state index in [1.54, 1.807) is 0 Å². The Morgan fingerprint density at radius 2 is 2.03 bits per heavy atom. The first kappa shape index (κ1) is 18.6. The Morgan fingerprint density at radius 1 is 1.21 bits per heavy atom. The Hall–Kier alpha value is -2.44. The van der Waals surface area contributed by atoms with Crippen LogP contribution in [0.5, 0.6) is 0 Å². The molecule has 1 aliphatic rings. The Labute approximate surface area is 174 Å². The van der Waals surface area contributed by atoms with E-state index < -0.39 is 0 Å². The highest BCUT2D eigenvalue weighted by molar-refractivity contribution is 7.22. The maximum absolute atomic E-state index is 12.4. The van der Waals surface area contributed by atoms with Crippen molar-refractivity contribution in [2.45, 2.75) is 33.2 Å². The molecule has 3 aromatic heterocycles. The van der Waals surface area contributed by atoms with Crippen LogP contribution in [0.1, 0.15) is 36.2 Å². The van der Waals surface area contributed by atoms with E-state index in [2.05, 4.69) is 46.7 Å². The summed E-state index contributed by atoms with van der Waals surface area (Å²) < 4.78 is 4.32. The van der Waals surface area contributed by atoms with E-state index in [4.69, 9.17) is 0 Å². The highest BCUT2D eigenvalue weighted by Crippen LogP contribution is 2.43. The van der Waals surface area contributed by atoms with Gasteiger partial charge < -0.3 is 9.47 Å². The smallest absolute Gasteiger partial charge is 0.163 e. The zero-order valence-electron chi connectivity index (χ0n) is 17.2. The number of likely N-dealkylation sites (N-methyl/N-ethyl adjacent to an activating group) is 1. The van der Waals surface area contributed by atoms with Crippen molar-refractivity contribution in [3.05, 3.63) is 41.7 Å². The third kappa shape index (κ3) is 2.93. The molecule has 150 valence electrons. The second kappa shape index (κ2) is 7.11. The van der Waals surface area contributed by atoms with Crippen molar-refractivity contribution >= 4 is 38.2 Å². The van der Waals surface area contributed by atoms with E-state index in [1.165, 1.54) is 31.6 Å². The SMILES string of the molecule is CCN(CC)CCn1c2ccc3c(c2c2cc(-c4cnn(C)c4)sc21)CCC3=O. The van der Waals surface area contributed by atoms with Crippen molar-refractivity contribution < 1.29 is 4.79 Å². The Kier molecular flexibility index (Phi) is 4.56. The molecule has 0 saturated carbocycles. The molecule has 0 radical (unpaired) electrons. The Balaban J connectivity index is 1.72. The number of nitrogens with zero attached hydrogens (tertiary/aromatic N) is 4. The first-order valence-electron chi connectivity index (χ1n) is 10.4. The highest BCUT2D eigenvalue weighted by atomic mass is 32.1.